The van der Waals surface area contributed by atoms with Gasteiger partial charge in [-0.25, -0.2) is 4.67 Å². The van der Waals surface area contributed by atoms with E-state index in [9.17, 15) is 4.57 Å². The van der Waals surface area contributed by atoms with Gasteiger partial charge in [-0.2, -0.15) is 0 Å². The summed E-state index contributed by atoms with van der Waals surface area (Å²) in [6.45, 7) is 5.82. The van der Waals surface area contributed by atoms with E-state index >= 15 is 0 Å². The van der Waals surface area contributed by atoms with Gasteiger partial charge in [-0.05, 0) is 17.5 Å². The van der Waals surface area contributed by atoms with Gasteiger partial charge in [0.05, 0.1) is 5.66 Å². The minimum atomic E-state index is -2.65. The van der Waals surface area contributed by atoms with Crippen LogP contribution in [0, 0.1) is 0 Å². The van der Waals surface area contributed by atoms with Crippen LogP contribution in [0.4, 0.5) is 0 Å². The lowest BCUT2D eigenvalue weighted by Gasteiger charge is -2.34. The van der Waals surface area contributed by atoms with E-state index < -0.39 is 7.29 Å². The van der Waals surface area contributed by atoms with Crippen LogP contribution < -0.4 is 0 Å². The molecule has 2 nitrogen and oxygen atoms in total. The number of rotatable bonds is 5. The van der Waals surface area contributed by atoms with E-state index in [1.54, 1.807) is 0 Å². The van der Waals surface area contributed by atoms with Gasteiger partial charge in [-0.15, -0.1) is 0 Å². The first-order chi connectivity index (χ1) is 11.2. The minimum absolute atomic E-state index is 0.0683. The Hall–Kier alpha value is -1.63. The van der Waals surface area contributed by atoms with Crippen molar-refractivity contribution in [3.05, 3.63) is 77.9 Å². The molecule has 0 bridgehead atoms. The van der Waals surface area contributed by atoms with Crippen molar-refractivity contribution in [1.29, 1.82) is 0 Å². The molecule has 1 aliphatic heterocycles. The van der Waals surface area contributed by atoms with Gasteiger partial charge in [-0.3, -0.25) is 0 Å². The Morgan fingerprint density at radius 3 is 2.09 bits per heavy atom. The zero-order valence-electron chi connectivity index (χ0n) is 13.9. The molecule has 0 saturated carbocycles. The lowest BCUT2D eigenvalue weighted by Crippen LogP contribution is -2.22. The van der Waals surface area contributed by atoms with Crippen LogP contribution in [0.15, 0.2) is 66.7 Å². The Kier molecular flexibility index (Phi) is 4.84. The van der Waals surface area contributed by atoms with Crippen molar-refractivity contribution < 1.29 is 4.57 Å². The highest BCUT2D eigenvalue weighted by atomic mass is 31.2. The fourth-order valence-electron chi connectivity index (χ4n) is 3.58. The Morgan fingerprint density at radius 1 is 0.957 bits per heavy atom. The fourth-order valence-corrected chi connectivity index (χ4v) is 7.31. The molecule has 1 aliphatic rings. The molecule has 0 unspecified atom stereocenters. The van der Waals surface area contributed by atoms with Crippen LogP contribution in [0.2, 0.25) is 0 Å². The van der Waals surface area contributed by atoms with E-state index in [0.29, 0.717) is 0 Å². The average molecular weight is 325 g/mol. The predicted molar refractivity (Wildman–Crippen MR) is 98.7 cm³/mol. The molecule has 0 N–H and O–H groups in total. The molecule has 0 amide bonds. The van der Waals surface area contributed by atoms with Crippen molar-refractivity contribution in [2.45, 2.75) is 25.9 Å². The van der Waals surface area contributed by atoms with Crippen molar-refractivity contribution in [1.82, 2.24) is 4.67 Å². The molecule has 0 aliphatic carbocycles. The topological polar surface area (TPSA) is 20.3 Å². The second kappa shape index (κ2) is 6.86. The molecule has 3 heteroatoms. The Morgan fingerprint density at radius 2 is 1.52 bits per heavy atom. The summed E-state index contributed by atoms with van der Waals surface area (Å²) in [4.78, 5) is 0. The maximum absolute atomic E-state index is 14.3. The Bertz CT molecular complexity index is 720. The van der Waals surface area contributed by atoms with Crippen LogP contribution in [0.1, 0.15) is 37.1 Å². The van der Waals surface area contributed by atoms with E-state index in [-0.39, 0.29) is 5.66 Å². The van der Waals surface area contributed by atoms with E-state index in [2.05, 4.69) is 48.9 Å². The van der Waals surface area contributed by atoms with Gasteiger partial charge in [0, 0.05) is 18.4 Å². The van der Waals surface area contributed by atoms with Crippen molar-refractivity contribution in [2.24, 2.45) is 0 Å². The lowest BCUT2D eigenvalue weighted by atomic mass is 10.1. The molecule has 0 fully saturated rings. The molecule has 2 atom stereocenters. The summed E-state index contributed by atoms with van der Waals surface area (Å²) in [5.74, 6) is 0. The molecule has 3 rings (SSSR count). The number of hydrogen-bond donors (Lipinski definition) is 0. The third kappa shape index (κ3) is 2.82. The normalized spacial score (nSPS) is 24.0. The quantitative estimate of drug-likeness (QED) is 0.648. The van der Waals surface area contributed by atoms with Gasteiger partial charge < -0.3 is 4.57 Å². The molecule has 2 aromatic carbocycles. The molecular weight excluding hydrogens is 301 g/mol. The monoisotopic (exact) mass is 325 g/mol. The van der Waals surface area contributed by atoms with Crippen LogP contribution in [0.5, 0.6) is 0 Å². The van der Waals surface area contributed by atoms with E-state index in [1.165, 1.54) is 5.56 Å². The van der Waals surface area contributed by atoms with Gasteiger partial charge in [0.1, 0.15) is 0 Å². The molecule has 0 saturated heterocycles. The second-order valence-corrected chi connectivity index (χ2v) is 8.80. The molecule has 0 spiro atoms. The van der Waals surface area contributed by atoms with E-state index in [1.807, 2.05) is 36.4 Å². The highest BCUT2D eigenvalue weighted by molar-refractivity contribution is 7.72. The first kappa shape index (κ1) is 16.2. The van der Waals surface area contributed by atoms with E-state index in [0.717, 1.165) is 30.4 Å². The Labute approximate surface area is 139 Å². The first-order valence-electron chi connectivity index (χ1n) is 8.38. The van der Waals surface area contributed by atoms with Crippen LogP contribution in [0.3, 0.4) is 0 Å². The van der Waals surface area contributed by atoms with Gasteiger partial charge in [0.25, 0.3) is 0 Å². The van der Waals surface area contributed by atoms with Crippen LogP contribution in [0.25, 0.3) is 5.31 Å². The van der Waals surface area contributed by atoms with Crippen molar-refractivity contribution in [2.75, 3.05) is 13.1 Å². The Balaban J connectivity index is 2.10. The van der Waals surface area contributed by atoms with Crippen molar-refractivity contribution in [3.63, 3.8) is 0 Å². The molecule has 120 valence electrons. The minimum Gasteiger partial charge on any atom is -0.301 e. The standard InChI is InChI=1S/C20H24NOP/c1-3-21(4-2)23(22)19(17-11-7-5-8-12-17)15-16-20(23)18-13-9-6-10-14-18/h5-15,20H,3-4,16H2,1-2H3/t20-,23+/m1/s1. The third-order valence-electron chi connectivity index (χ3n) is 4.71. The van der Waals surface area contributed by atoms with Crippen molar-refractivity contribution >= 4 is 12.6 Å². The smallest absolute Gasteiger partial charge is 0.186 e. The first-order valence-corrected chi connectivity index (χ1v) is 10.1. The van der Waals surface area contributed by atoms with Crippen molar-refractivity contribution in [3.8, 4) is 0 Å². The SMILES string of the molecule is CCN(CC)[P@]1(=O)C(c2ccccc2)=CC[C@@H]1c1ccccc1. The van der Waals surface area contributed by atoms with E-state index in [4.69, 9.17) is 0 Å². The van der Waals surface area contributed by atoms with Crippen LogP contribution >= 0.6 is 7.29 Å². The molecule has 1 heterocycles. The van der Waals surface area contributed by atoms with Gasteiger partial charge in [0.2, 0.25) is 0 Å². The summed E-state index contributed by atoms with van der Waals surface area (Å²) < 4.78 is 16.5. The zero-order chi connectivity index (χ0) is 16.3. The number of benzene rings is 2. The maximum atomic E-state index is 14.3. The highest BCUT2D eigenvalue weighted by Gasteiger charge is 2.45. The molecule has 23 heavy (non-hydrogen) atoms. The summed E-state index contributed by atoms with van der Waals surface area (Å²) >= 11 is 0. The zero-order valence-corrected chi connectivity index (χ0v) is 14.7. The molecule has 0 radical (unpaired) electrons. The summed E-state index contributed by atoms with van der Waals surface area (Å²) in [6, 6.07) is 20.6. The summed E-state index contributed by atoms with van der Waals surface area (Å²) in [6.07, 6.45) is 3.05. The average Bonchev–Trinajstić information content (AvgIpc) is 2.95. The molecule has 2 aromatic rings. The number of hydrogen-bond acceptors (Lipinski definition) is 1. The summed E-state index contributed by atoms with van der Waals surface area (Å²) in [7, 11) is -2.65. The van der Waals surface area contributed by atoms with Gasteiger partial charge >= 0.3 is 0 Å². The lowest BCUT2D eigenvalue weighted by molar-refractivity contribution is 0.444. The highest BCUT2D eigenvalue weighted by Crippen LogP contribution is 2.75. The second-order valence-electron chi connectivity index (χ2n) is 5.88. The number of nitrogens with zero attached hydrogens (tertiary/aromatic N) is 1. The predicted octanol–water partition coefficient (Wildman–Crippen LogP) is 5.79. The van der Waals surface area contributed by atoms with Gasteiger partial charge in [-0.1, -0.05) is 80.6 Å². The number of allylic oxidation sites excluding steroid dienone is 1. The summed E-state index contributed by atoms with van der Waals surface area (Å²) in [5.41, 5.74) is 2.35. The fraction of sp³-hybridized carbons (Fsp3) is 0.300. The summed E-state index contributed by atoms with van der Waals surface area (Å²) in [5, 5.41) is 1.04. The largest absolute Gasteiger partial charge is 0.301 e. The van der Waals surface area contributed by atoms with Crippen LogP contribution in [-0.2, 0) is 4.57 Å². The molecular formula is C20H24NOP. The third-order valence-corrected chi connectivity index (χ3v) is 8.60. The van der Waals surface area contributed by atoms with Gasteiger partial charge in [0.15, 0.2) is 7.29 Å². The molecule has 0 aromatic heterocycles. The van der Waals surface area contributed by atoms with Crippen LogP contribution in [-0.4, -0.2) is 17.8 Å². The maximum Gasteiger partial charge on any atom is 0.186 e.